The van der Waals surface area contributed by atoms with Gasteiger partial charge < -0.3 is 30.5 Å². The Bertz CT molecular complexity index is 1120. The van der Waals surface area contributed by atoms with E-state index in [0.29, 0.717) is 11.3 Å². The number of carboxylic acid groups (broad SMARTS) is 1. The quantitative estimate of drug-likeness (QED) is 0.322. The van der Waals surface area contributed by atoms with Crippen LogP contribution < -0.4 is 10.1 Å². The summed E-state index contributed by atoms with van der Waals surface area (Å²) in [5.41, 5.74) is 4.13. The SMILES string of the molecule is COc1cc(-c2ccccc2-c2cccc(C(=O)O)c2C)ccc1CNC(CO)(CO)CO. The van der Waals surface area contributed by atoms with E-state index < -0.39 is 31.3 Å². The number of hydrogen-bond acceptors (Lipinski definition) is 6. The van der Waals surface area contributed by atoms with E-state index in [9.17, 15) is 25.2 Å². The second kappa shape index (κ2) is 10.6. The van der Waals surface area contributed by atoms with Crippen LogP contribution in [0.3, 0.4) is 0 Å². The lowest BCUT2D eigenvalue weighted by atomic mass is 9.90. The van der Waals surface area contributed by atoms with E-state index in [-0.39, 0.29) is 12.1 Å². The molecule has 0 aliphatic rings. The van der Waals surface area contributed by atoms with Gasteiger partial charge >= 0.3 is 5.97 Å². The number of benzene rings is 3. The molecular formula is C26H29NO6. The lowest BCUT2D eigenvalue weighted by Crippen LogP contribution is -2.54. The van der Waals surface area contributed by atoms with Gasteiger partial charge in [-0.1, -0.05) is 48.5 Å². The van der Waals surface area contributed by atoms with Crippen molar-refractivity contribution in [2.45, 2.75) is 19.0 Å². The molecule has 3 aromatic carbocycles. The molecule has 7 nitrogen and oxygen atoms in total. The van der Waals surface area contributed by atoms with Crippen molar-refractivity contribution < 1.29 is 30.0 Å². The lowest BCUT2D eigenvalue weighted by Gasteiger charge is -2.29. The maximum absolute atomic E-state index is 11.6. The van der Waals surface area contributed by atoms with Gasteiger partial charge in [-0.2, -0.15) is 0 Å². The van der Waals surface area contributed by atoms with Crippen LogP contribution in [-0.2, 0) is 6.54 Å². The zero-order valence-corrected chi connectivity index (χ0v) is 18.7. The van der Waals surface area contributed by atoms with Crippen LogP contribution in [0.25, 0.3) is 22.3 Å². The Morgan fingerprint density at radius 3 is 2.15 bits per heavy atom. The molecule has 0 unspecified atom stereocenters. The number of nitrogens with one attached hydrogen (secondary N) is 1. The minimum atomic E-state index is -1.19. The molecule has 0 saturated heterocycles. The highest BCUT2D eigenvalue weighted by Gasteiger charge is 2.27. The molecule has 0 bridgehead atoms. The average Bonchev–Trinajstić information content (AvgIpc) is 2.85. The molecule has 7 heteroatoms. The number of methoxy groups -OCH3 is 1. The third kappa shape index (κ3) is 5.07. The minimum Gasteiger partial charge on any atom is -0.496 e. The zero-order valence-electron chi connectivity index (χ0n) is 18.7. The van der Waals surface area contributed by atoms with E-state index in [2.05, 4.69) is 5.32 Å². The number of carbonyl (C=O) groups is 1. The highest BCUT2D eigenvalue weighted by atomic mass is 16.5. The van der Waals surface area contributed by atoms with E-state index in [0.717, 1.165) is 27.8 Å². The zero-order chi connectivity index (χ0) is 24.0. The Morgan fingerprint density at radius 1 is 0.909 bits per heavy atom. The molecule has 0 radical (unpaired) electrons. The van der Waals surface area contributed by atoms with Gasteiger partial charge in [0.15, 0.2) is 0 Å². The molecule has 0 saturated carbocycles. The smallest absolute Gasteiger partial charge is 0.335 e. The monoisotopic (exact) mass is 451 g/mol. The predicted octanol–water partition coefficient (Wildman–Crippen LogP) is 2.84. The molecule has 0 aliphatic heterocycles. The average molecular weight is 452 g/mol. The summed E-state index contributed by atoms with van der Waals surface area (Å²) in [7, 11) is 1.56. The van der Waals surface area contributed by atoms with Crippen LogP contribution in [0.5, 0.6) is 5.75 Å². The summed E-state index contributed by atoms with van der Waals surface area (Å²) in [4.78, 5) is 11.6. The van der Waals surface area contributed by atoms with E-state index in [1.54, 1.807) is 26.2 Å². The summed E-state index contributed by atoms with van der Waals surface area (Å²) in [5.74, 6) is -0.358. The van der Waals surface area contributed by atoms with E-state index in [4.69, 9.17) is 4.74 Å². The first-order valence-electron chi connectivity index (χ1n) is 10.6. The van der Waals surface area contributed by atoms with Gasteiger partial charge in [0.25, 0.3) is 0 Å². The first-order chi connectivity index (χ1) is 15.9. The molecule has 3 rings (SSSR count). The van der Waals surface area contributed by atoms with Crippen LogP contribution >= 0.6 is 0 Å². The van der Waals surface area contributed by atoms with Gasteiger partial charge in [0.1, 0.15) is 5.75 Å². The largest absolute Gasteiger partial charge is 0.496 e. The van der Waals surface area contributed by atoms with Crippen LogP contribution in [0, 0.1) is 6.92 Å². The van der Waals surface area contributed by atoms with Crippen molar-refractivity contribution in [2.75, 3.05) is 26.9 Å². The number of aromatic carboxylic acids is 1. The number of ether oxygens (including phenoxy) is 1. The summed E-state index contributed by atoms with van der Waals surface area (Å²) in [6.45, 7) is 0.834. The normalized spacial score (nSPS) is 11.4. The maximum atomic E-state index is 11.6. The van der Waals surface area contributed by atoms with Crippen molar-refractivity contribution in [2.24, 2.45) is 0 Å². The predicted molar refractivity (Wildman–Crippen MR) is 126 cm³/mol. The van der Waals surface area contributed by atoms with Crippen molar-refractivity contribution in [3.05, 3.63) is 77.4 Å². The van der Waals surface area contributed by atoms with Crippen molar-refractivity contribution in [1.82, 2.24) is 5.32 Å². The fourth-order valence-corrected chi connectivity index (χ4v) is 3.79. The summed E-state index contributed by atoms with van der Waals surface area (Å²) >= 11 is 0. The van der Waals surface area contributed by atoms with Gasteiger partial charge in [-0.05, 0) is 46.9 Å². The summed E-state index contributed by atoms with van der Waals surface area (Å²) in [5, 5.41) is 41.1. The summed E-state index contributed by atoms with van der Waals surface area (Å²) in [6.07, 6.45) is 0. The number of carboxylic acids is 1. The number of aliphatic hydroxyl groups is 3. The van der Waals surface area contributed by atoms with Crippen molar-refractivity contribution in [1.29, 1.82) is 0 Å². The first-order valence-corrected chi connectivity index (χ1v) is 10.6. The lowest BCUT2D eigenvalue weighted by molar-refractivity contribution is 0.0412. The fraction of sp³-hybridized carbons (Fsp3) is 0.269. The Balaban J connectivity index is 2.01. The second-order valence-corrected chi connectivity index (χ2v) is 7.96. The van der Waals surface area contributed by atoms with Crippen molar-refractivity contribution >= 4 is 5.97 Å². The molecule has 0 heterocycles. The van der Waals surface area contributed by atoms with E-state index >= 15 is 0 Å². The molecular weight excluding hydrogens is 422 g/mol. The van der Waals surface area contributed by atoms with Crippen LogP contribution in [0.2, 0.25) is 0 Å². The third-order valence-corrected chi connectivity index (χ3v) is 5.94. The van der Waals surface area contributed by atoms with Gasteiger partial charge in [-0.3, -0.25) is 0 Å². The third-order valence-electron chi connectivity index (χ3n) is 5.94. The molecule has 0 atom stereocenters. The summed E-state index contributed by atoms with van der Waals surface area (Å²) in [6, 6.07) is 18.7. The highest BCUT2D eigenvalue weighted by molar-refractivity contribution is 5.94. The maximum Gasteiger partial charge on any atom is 0.335 e. The van der Waals surface area contributed by atoms with Crippen molar-refractivity contribution in [3.8, 4) is 28.0 Å². The molecule has 0 spiro atoms. The van der Waals surface area contributed by atoms with E-state index in [1.807, 2.05) is 48.5 Å². The summed E-state index contributed by atoms with van der Waals surface area (Å²) < 4.78 is 5.59. The minimum absolute atomic E-state index is 0.265. The van der Waals surface area contributed by atoms with Crippen LogP contribution in [0.1, 0.15) is 21.5 Å². The van der Waals surface area contributed by atoms with Crippen LogP contribution in [0.15, 0.2) is 60.7 Å². The molecule has 33 heavy (non-hydrogen) atoms. The van der Waals surface area contributed by atoms with Gasteiger partial charge in [0, 0.05) is 12.1 Å². The molecule has 3 aromatic rings. The van der Waals surface area contributed by atoms with Gasteiger partial charge in [-0.25, -0.2) is 4.79 Å². The Labute approximate surface area is 192 Å². The Kier molecular flexibility index (Phi) is 7.84. The van der Waals surface area contributed by atoms with Crippen molar-refractivity contribution in [3.63, 3.8) is 0 Å². The number of rotatable bonds is 10. The second-order valence-electron chi connectivity index (χ2n) is 7.96. The Morgan fingerprint density at radius 2 is 1.55 bits per heavy atom. The van der Waals surface area contributed by atoms with Gasteiger partial charge in [0.05, 0.1) is 38.0 Å². The molecule has 0 amide bonds. The standard InChI is InChI=1S/C26H29NO6/c1-17-20(8-5-9-21(17)25(31)32)23-7-4-3-6-22(23)18-10-11-19(24(12-18)33-2)13-27-26(14-28,15-29)16-30/h3-12,27-30H,13-16H2,1-2H3,(H,31,32). The highest BCUT2D eigenvalue weighted by Crippen LogP contribution is 2.36. The molecule has 0 aliphatic carbocycles. The number of aliphatic hydroxyl groups excluding tert-OH is 3. The molecule has 0 aromatic heterocycles. The molecule has 0 fully saturated rings. The fourth-order valence-electron chi connectivity index (χ4n) is 3.79. The number of hydrogen-bond donors (Lipinski definition) is 5. The van der Waals surface area contributed by atoms with E-state index in [1.165, 1.54) is 0 Å². The van der Waals surface area contributed by atoms with Crippen LogP contribution in [0.4, 0.5) is 0 Å². The molecule has 5 N–H and O–H groups in total. The van der Waals surface area contributed by atoms with Gasteiger partial charge in [0.2, 0.25) is 0 Å². The topological polar surface area (TPSA) is 119 Å². The molecule has 174 valence electrons. The Hall–Kier alpha value is -3.23. The van der Waals surface area contributed by atoms with Gasteiger partial charge in [-0.15, -0.1) is 0 Å². The van der Waals surface area contributed by atoms with Crippen LogP contribution in [-0.4, -0.2) is 58.9 Å². The first kappa shape index (κ1) is 24.4.